The lowest BCUT2D eigenvalue weighted by Gasteiger charge is -2.24. The van der Waals surface area contributed by atoms with Gasteiger partial charge in [0.1, 0.15) is 22.5 Å². The Morgan fingerprint density at radius 1 is 1.23 bits per heavy atom. The first-order chi connectivity index (χ1) is 12.4. The molecule has 0 amide bonds. The van der Waals surface area contributed by atoms with Crippen LogP contribution in [0.2, 0.25) is 0 Å². The van der Waals surface area contributed by atoms with E-state index in [1.807, 2.05) is 0 Å². The topological polar surface area (TPSA) is 90.2 Å². The Balaban J connectivity index is 1.87. The predicted octanol–water partition coefficient (Wildman–Crippen LogP) is 1.70. The number of nitrogens with zero attached hydrogens (tertiary/aromatic N) is 1. The molecule has 0 saturated carbocycles. The molecule has 0 bridgehead atoms. The third kappa shape index (κ3) is 3.85. The second-order valence-electron chi connectivity index (χ2n) is 5.92. The molecule has 1 aromatic carbocycles. The second-order valence-corrected chi connectivity index (χ2v) is 7.90. The van der Waals surface area contributed by atoms with Crippen LogP contribution >= 0.6 is 0 Å². The minimum absolute atomic E-state index is 0.0498. The number of methoxy groups -OCH3 is 2. The fourth-order valence-electron chi connectivity index (χ4n) is 2.97. The zero-order chi connectivity index (χ0) is 18.7. The van der Waals surface area contributed by atoms with Crippen molar-refractivity contribution in [1.82, 2.24) is 9.79 Å². The lowest BCUT2D eigenvalue weighted by molar-refractivity contribution is -0.110. The van der Waals surface area contributed by atoms with Crippen LogP contribution in [0.4, 0.5) is 0 Å². The summed E-state index contributed by atoms with van der Waals surface area (Å²) in [6.07, 6.45) is 1.50. The number of benzene rings is 1. The lowest BCUT2D eigenvalue weighted by Crippen LogP contribution is -2.39. The molecule has 2 unspecified atom stereocenters. The average Bonchev–Trinajstić information content (AvgIpc) is 3.29. The molecule has 0 aliphatic carbocycles. The van der Waals surface area contributed by atoms with Crippen LogP contribution in [0.1, 0.15) is 17.4 Å². The van der Waals surface area contributed by atoms with Gasteiger partial charge in [-0.2, -0.15) is 5.06 Å². The molecule has 142 valence electrons. The van der Waals surface area contributed by atoms with Crippen molar-refractivity contribution >= 4 is 10.0 Å². The van der Waals surface area contributed by atoms with Gasteiger partial charge in [0.25, 0.3) is 0 Å². The van der Waals surface area contributed by atoms with Gasteiger partial charge in [0.05, 0.1) is 39.7 Å². The number of hydrogen-bond acceptors (Lipinski definition) is 7. The van der Waals surface area contributed by atoms with Crippen LogP contribution in [0.3, 0.4) is 0 Å². The molecule has 9 heteroatoms. The first-order valence-electron chi connectivity index (χ1n) is 8.04. The highest BCUT2D eigenvalue weighted by atomic mass is 32.2. The maximum absolute atomic E-state index is 12.8. The summed E-state index contributed by atoms with van der Waals surface area (Å²) in [4.78, 5) is 5.51. The Morgan fingerprint density at radius 2 is 1.92 bits per heavy atom. The van der Waals surface area contributed by atoms with Crippen molar-refractivity contribution in [3.63, 3.8) is 0 Å². The van der Waals surface area contributed by atoms with Crippen LogP contribution in [-0.2, 0) is 21.4 Å². The van der Waals surface area contributed by atoms with Crippen LogP contribution < -0.4 is 14.2 Å². The summed E-state index contributed by atoms with van der Waals surface area (Å²) in [6.45, 7) is 0.137. The highest BCUT2D eigenvalue weighted by Gasteiger charge is 2.43. The molecular formula is C17H22N2O6S. The van der Waals surface area contributed by atoms with E-state index in [4.69, 9.17) is 18.7 Å². The van der Waals surface area contributed by atoms with Crippen molar-refractivity contribution in [3.05, 3.63) is 47.9 Å². The van der Waals surface area contributed by atoms with Gasteiger partial charge < -0.3 is 13.9 Å². The van der Waals surface area contributed by atoms with E-state index in [0.29, 0.717) is 17.3 Å². The molecule has 1 aliphatic rings. The summed E-state index contributed by atoms with van der Waals surface area (Å²) in [7, 11) is 1.14. The summed E-state index contributed by atoms with van der Waals surface area (Å²) in [5, 5.41) is 0.754. The Hall–Kier alpha value is -2.07. The summed E-state index contributed by atoms with van der Waals surface area (Å²) < 4.78 is 44.0. The van der Waals surface area contributed by atoms with Crippen molar-refractivity contribution < 1.29 is 27.1 Å². The molecule has 0 radical (unpaired) electrons. The Kier molecular flexibility index (Phi) is 5.52. The number of nitrogens with one attached hydrogen (secondary N) is 1. The summed E-state index contributed by atoms with van der Waals surface area (Å²) in [5.41, 5.74) is 0.731. The number of hydroxylamine groups is 2. The molecular weight excluding hydrogens is 360 g/mol. The smallest absolute Gasteiger partial charge is 0.219 e. The van der Waals surface area contributed by atoms with E-state index in [-0.39, 0.29) is 13.2 Å². The maximum Gasteiger partial charge on any atom is 0.219 e. The lowest BCUT2D eigenvalue weighted by atomic mass is 10.0. The summed E-state index contributed by atoms with van der Waals surface area (Å²) >= 11 is 0. The van der Waals surface area contributed by atoms with Gasteiger partial charge in [0.2, 0.25) is 10.0 Å². The number of furan rings is 1. The van der Waals surface area contributed by atoms with E-state index in [1.165, 1.54) is 6.26 Å². The molecule has 26 heavy (non-hydrogen) atoms. The molecule has 3 rings (SSSR count). The third-order valence-corrected chi connectivity index (χ3v) is 6.07. The van der Waals surface area contributed by atoms with Crippen molar-refractivity contribution in [2.24, 2.45) is 0 Å². The molecule has 1 fully saturated rings. The number of hydrogen-bond donors (Lipinski definition) is 1. The van der Waals surface area contributed by atoms with Gasteiger partial charge in [-0.15, -0.1) is 0 Å². The van der Waals surface area contributed by atoms with Crippen LogP contribution in [0, 0.1) is 0 Å². The fourth-order valence-corrected chi connectivity index (χ4v) is 4.44. The third-order valence-electron chi connectivity index (χ3n) is 4.33. The molecule has 2 aromatic rings. The first-order valence-corrected chi connectivity index (χ1v) is 9.59. The van der Waals surface area contributed by atoms with E-state index in [2.05, 4.69) is 4.72 Å². The molecule has 1 N–H and O–H groups in total. The molecule has 0 spiro atoms. The van der Waals surface area contributed by atoms with E-state index in [0.717, 1.165) is 5.56 Å². The number of sulfonamides is 1. The molecule has 2 atom stereocenters. The van der Waals surface area contributed by atoms with Crippen molar-refractivity contribution in [1.29, 1.82) is 0 Å². The molecule has 1 aliphatic heterocycles. The zero-order valence-electron chi connectivity index (χ0n) is 14.8. The molecule has 8 nitrogen and oxygen atoms in total. The van der Waals surface area contributed by atoms with Gasteiger partial charge in [-0.05, 0) is 29.8 Å². The zero-order valence-corrected chi connectivity index (χ0v) is 15.7. The average molecular weight is 382 g/mol. The minimum atomic E-state index is -3.66. The van der Waals surface area contributed by atoms with Gasteiger partial charge in [-0.3, -0.25) is 4.84 Å². The second kappa shape index (κ2) is 7.67. The van der Waals surface area contributed by atoms with Crippen LogP contribution in [-0.4, -0.2) is 46.6 Å². The van der Waals surface area contributed by atoms with Crippen LogP contribution in [0.25, 0.3) is 0 Å². The fraction of sp³-hybridized carbons (Fsp3) is 0.412. The largest absolute Gasteiger partial charge is 0.497 e. The maximum atomic E-state index is 12.8. The van der Waals surface area contributed by atoms with Gasteiger partial charge >= 0.3 is 0 Å². The number of ether oxygens (including phenoxy) is 2. The van der Waals surface area contributed by atoms with Crippen LogP contribution in [0.5, 0.6) is 11.5 Å². The number of rotatable bonds is 7. The summed E-state index contributed by atoms with van der Waals surface area (Å²) in [5.74, 6) is 1.71. The first kappa shape index (κ1) is 18.7. The molecule has 2 heterocycles. The van der Waals surface area contributed by atoms with Crippen molar-refractivity contribution in [3.8, 4) is 11.5 Å². The van der Waals surface area contributed by atoms with Gasteiger partial charge in [-0.1, -0.05) is 0 Å². The van der Waals surface area contributed by atoms with E-state index >= 15 is 0 Å². The van der Waals surface area contributed by atoms with Gasteiger partial charge in [0, 0.05) is 13.1 Å². The highest BCUT2D eigenvalue weighted by molar-refractivity contribution is 7.90. The van der Waals surface area contributed by atoms with E-state index in [1.54, 1.807) is 56.7 Å². The SMILES string of the molecule is COc1cc(OC)cc(C2C(S(=O)(=O)NCc3ccco3)CON2C)c1. The quantitative estimate of drug-likeness (QED) is 0.779. The van der Waals surface area contributed by atoms with Crippen molar-refractivity contribution in [2.45, 2.75) is 17.8 Å². The Morgan fingerprint density at radius 3 is 2.50 bits per heavy atom. The van der Waals surface area contributed by atoms with Gasteiger partial charge in [0.15, 0.2) is 0 Å². The van der Waals surface area contributed by atoms with Gasteiger partial charge in [-0.25, -0.2) is 13.1 Å². The van der Waals surface area contributed by atoms with Crippen molar-refractivity contribution in [2.75, 3.05) is 27.9 Å². The molecule has 1 saturated heterocycles. The Labute approximate surface area is 152 Å². The van der Waals surface area contributed by atoms with E-state index < -0.39 is 21.3 Å². The van der Waals surface area contributed by atoms with Crippen LogP contribution in [0.15, 0.2) is 41.0 Å². The minimum Gasteiger partial charge on any atom is -0.497 e. The predicted molar refractivity (Wildman–Crippen MR) is 94.3 cm³/mol. The Bertz CT molecular complexity index is 815. The monoisotopic (exact) mass is 382 g/mol. The summed E-state index contributed by atoms with van der Waals surface area (Å²) in [6, 6.07) is 8.22. The highest BCUT2D eigenvalue weighted by Crippen LogP contribution is 2.36. The standard InChI is InChI=1S/C17H22N2O6S/c1-19-17(12-7-14(22-2)9-15(8-12)23-3)16(11-25-19)26(20,21)18-10-13-5-4-6-24-13/h4-9,16-18H,10-11H2,1-3H3. The van der Waals surface area contributed by atoms with E-state index in [9.17, 15) is 8.42 Å². The molecule has 1 aromatic heterocycles. The normalized spacial score (nSPS) is 21.0.